The van der Waals surface area contributed by atoms with Gasteiger partial charge < -0.3 is 0 Å². The Morgan fingerprint density at radius 2 is 1.76 bits per heavy atom. The maximum Gasteiger partial charge on any atom is 0.278 e. The van der Waals surface area contributed by atoms with Crippen molar-refractivity contribution in [3.63, 3.8) is 0 Å². The maximum absolute atomic E-state index is 12.5. The molecule has 0 unspecified atom stereocenters. The largest absolute Gasteiger partial charge is 0.278 e. The number of non-ortho nitro benzene ring substituents is 1. The van der Waals surface area contributed by atoms with Crippen molar-refractivity contribution in [1.82, 2.24) is 0 Å². The zero-order valence-electron chi connectivity index (χ0n) is 11.3. The summed E-state index contributed by atoms with van der Waals surface area (Å²) in [7, 11) is 0. The normalized spacial score (nSPS) is 10.5. The number of benzene rings is 2. The molecule has 0 saturated carbocycles. The summed E-state index contributed by atoms with van der Waals surface area (Å²) in [5, 5.41) is 15.9. The van der Waals surface area contributed by atoms with Crippen LogP contribution in [0.25, 0.3) is 0 Å². The van der Waals surface area contributed by atoms with E-state index in [1.54, 1.807) is 31.2 Å². The predicted octanol–water partition coefficient (Wildman–Crippen LogP) is 3.25. The van der Waals surface area contributed by atoms with Crippen molar-refractivity contribution < 1.29 is 9.72 Å². The summed E-state index contributed by atoms with van der Waals surface area (Å²) >= 11 is 0. The first kappa shape index (κ1) is 14.4. The summed E-state index contributed by atoms with van der Waals surface area (Å²) < 4.78 is 0. The molecule has 0 N–H and O–H groups in total. The third-order valence-electron chi connectivity index (χ3n) is 2.75. The number of carbonyl (C=O) groups is 1. The number of rotatable bonds is 4. The van der Waals surface area contributed by atoms with Gasteiger partial charge in [0, 0.05) is 23.9 Å². The molecular weight excluding hydrogens is 270 g/mol. The van der Waals surface area contributed by atoms with Gasteiger partial charge in [0.2, 0.25) is 0 Å². The average molecular weight is 283 g/mol. The molecule has 6 nitrogen and oxygen atoms in total. The van der Waals surface area contributed by atoms with Crippen molar-refractivity contribution in [3.8, 4) is 0 Å². The van der Waals surface area contributed by atoms with E-state index in [-0.39, 0.29) is 11.6 Å². The summed E-state index contributed by atoms with van der Waals surface area (Å²) in [5.41, 5.74) is 0.894. The van der Waals surface area contributed by atoms with E-state index in [1.165, 1.54) is 35.5 Å². The molecule has 0 aliphatic heterocycles. The van der Waals surface area contributed by atoms with Gasteiger partial charge in [-0.2, -0.15) is 10.1 Å². The molecule has 2 rings (SSSR count). The number of hydrogen-bond acceptors (Lipinski definition) is 4. The van der Waals surface area contributed by atoms with E-state index in [2.05, 4.69) is 5.10 Å². The van der Waals surface area contributed by atoms with Crippen LogP contribution in [0.2, 0.25) is 0 Å². The van der Waals surface area contributed by atoms with Crippen molar-refractivity contribution in [2.24, 2.45) is 5.10 Å². The van der Waals surface area contributed by atoms with Gasteiger partial charge in [-0.1, -0.05) is 18.2 Å². The zero-order valence-corrected chi connectivity index (χ0v) is 11.3. The second-order valence-electron chi connectivity index (χ2n) is 4.13. The Bertz CT molecular complexity index is 666. The summed E-state index contributed by atoms with van der Waals surface area (Å²) in [5.74, 6) is -0.353. The highest BCUT2D eigenvalue weighted by Gasteiger charge is 2.17. The van der Waals surface area contributed by atoms with Crippen LogP contribution in [0.3, 0.4) is 0 Å². The van der Waals surface area contributed by atoms with Crippen molar-refractivity contribution >= 4 is 23.5 Å². The van der Waals surface area contributed by atoms with Gasteiger partial charge in [0.25, 0.3) is 11.6 Å². The van der Waals surface area contributed by atoms with Gasteiger partial charge in [-0.3, -0.25) is 14.9 Å². The van der Waals surface area contributed by atoms with E-state index in [0.717, 1.165) is 0 Å². The summed E-state index contributed by atoms with van der Waals surface area (Å²) in [4.78, 5) is 22.6. The fraction of sp³-hybridized carbons (Fsp3) is 0.0667. The van der Waals surface area contributed by atoms with Gasteiger partial charge in [0.05, 0.1) is 10.6 Å². The van der Waals surface area contributed by atoms with Gasteiger partial charge in [-0.25, -0.2) is 0 Å². The summed E-state index contributed by atoms with van der Waals surface area (Å²) in [6.45, 7) is 1.71. The number of nitro benzene ring substituents is 1. The Kier molecular flexibility index (Phi) is 4.40. The second-order valence-corrected chi connectivity index (χ2v) is 4.13. The minimum Gasteiger partial charge on any atom is -0.267 e. The minimum atomic E-state index is -0.507. The lowest BCUT2D eigenvalue weighted by Gasteiger charge is -2.16. The number of carbonyl (C=O) groups excluding carboxylic acids is 1. The Balaban J connectivity index is 2.33. The number of nitrogens with zero attached hydrogens (tertiary/aromatic N) is 3. The Morgan fingerprint density at radius 1 is 1.14 bits per heavy atom. The number of nitro groups is 1. The number of hydrazone groups is 1. The molecule has 0 fully saturated rings. The van der Waals surface area contributed by atoms with Crippen LogP contribution in [-0.2, 0) is 0 Å². The predicted molar refractivity (Wildman–Crippen MR) is 80.5 cm³/mol. The summed E-state index contributed by atoms with van der Waals surface area (Å²) in [6, 6.07) is 14.4. The molecule has 2 aromatic carbocycles. The highest BCUT2D eigenvalue weighted by Crippen LogP contribution is 2.19. The molecule has 0 aromatic heterocycles. The first-order chi connectivity index (χ1) is 10.1. The third-order valence-corrected chi connectivity index (χ3v) is 2.75. The molecule has 21 heavy (non-hydrogen) atoms. The van der Waals surface area contributed by atoms with Crippen LogP contribution in [0.1, 0.15) is 17.3 Å². The molecular formula is C15H13N3O3. The standard InChI is InChI=1S/C15H13N3O3/c1-2-16-17(13-6-4-3-5-7-13)15(19)12-8-10-14(11-9-12)18(20)21/h2-11H,1H3/b16-2+. The molecule has 0 bridgehead atoms. The van der Waals surface area contributed by atoms with Gasteiger partial charge in [-0.15, -0.1) is 0 Å². The van der Waals surface area contributed by atoms with Crippen LogP contribution in [0.5, 0.6) is 0 Å². The molecule has 6 heteroatoms. The van der Waals surface area contributed by atoms with Crippen LogP contribution < -0.4 is 5.01 Å². The molecule has 1 amide bonds. The highest BCUT2D eigenvalue weighted by molar-refractivity contribution is 6.06. The second kappa shape index (κ2) is 6.42. The van der Waals surface area contributed by atoms with E-state index >= 15 is 0 Å². The molecule has 0 aliphatic carbocycles. The molecule has 0 saturated heterocycles. The number of hydrogen-bond donors (Lipinski definition) is 0. The zero-order chi connectivity index (χ0) is 15.2. The monoisotopic (exact) mass is 283 g/mol. The topological polar surface area (TPSA) is 75.8 Å². The molecule has 0 aliphatic rings. The van der Waals surface area contributed by atoms with Crippen LogP contribution in [0, 0.1) is 10.1 Å². The molecule has 0 radical (unpaired) electrons. The fourth-order valence-electron chi connectivity index (χ4n) is 1.77. The molecule has 2 aromatic rings. The van der Waals surface area contributed by atoms with Crippen LogP contribution in [0.15, 0.2) is 59.7 Å². The molecule has 106 valence electrons. The third kappa shape index (κ3) is 3.30. The maximum atomic E-state index is 12.5. The van der Waals surface area contributed by atoms with E-state index in [4.69, 9.17) is 0 Å². The van der Waals surface area contributed by atoms with Gasteiger partial charge in [0.15, 0.2) is 0 Å². The lowest BCUT2D eigenvalue weighted by Crippen LogP contribution is -2.25. The Morgan fingerprint density at radius 3 is 2.29 bits per heavy atom. The van der Waals surface area contributed by atoms with Crippen LogP contribution in [-0.4, -0.2) is 17.0 Å². The smallest absolute Gasteiger partial charge is 0.267 e. The Labute approximate surface area is 121 Å². The van der Waals surface area contributed by atoms with Crippen molar-refractivity contribution in [2.45, 2.75) is 6.92 Å². The van der Waals surface area contributed by atoms with Crippen molar-refractivity contribution in [1.29, 1.82) is 0 Å². The van der Waals surface area contributed by atoms with E-state index in [9.17, 15) is 14.9 Å². The quantitative estimate of drug-likeness (QED) is 0.491. The van der Waals surface area contributed by atoms with E-state index in [1.807, 2.05) is 6.07 Å². The SMILES string of the molecule is C/C=N/N(C(=O)c1ccc([N+](=O)[O-])cc1)c1ccccc1. The molecule has 0 atom stereocenters. The number of amides is 1. The van der Waals surface area contributed by atoms with E-state index < -0.39 is 4.92 Å². The summed E-state index contributed by atoms with van der Waals surface area (Å²) in [6.07, 6.45) is 1.51. The van der Waals surface area contributed by atoms with Gasteiger partial charge >= 0.3 is 0 Å². The van der Waals surface area contributed by atoms with E-state index in [0.29, 0.717) is 11.3 Å². The highest BCUT2D eigenvalue weighted by atomic mass is 16.6. The molecule has 0 spiro atoms. The number of anilines is 1. The van der Waals surface area contributed by atoms with Crippen molar-refractivity contribution in [2.75, 3.05) is 5.01 Å². The van der Waals surface area contributed by atoms with Gasteiger partial charge in [0.1, 0.15) is 0 Å². The molecule has 0 heterocycles. The first-order valence-electron chi connectivity index (χ1n) is 6.26. The first-order valence-corrected chi connectivity index (χ1v) is 6.26. The lowest BCUT2D eigenvalue weighted by molar-refractivity contribution is -0.384. The lowest BCUT2D eigenvalue weighted by atomic mass is 10.2. The van der Waals surface area contributed by atoms with Gasteiger partial charge in [-0.05, 0) is 31.2 Å². The van der Waals surface area contributed by atoms with Crippen LogP contribution in [0.4, 0.5) is 11.4 Å². The average Bonchev–Trinajstić information content (AvgIpc) is 2.53. The fourth-order valence-corrected chi connectivity index (χ4v) is 1.77. The number of para-hydroxylation sites is 1. The van der Waals surface area contributed by atoms with Crippen LogP contribution >= 0.6 is 0 Å². The minimum absolute atomic E-state index is 0.0585. The Hall–Kier alpha value is -3.02. The van der Waals surface area contributed by atoms with Crippen molar-refractivity contribution in [3.05, 3.63) is 70.3 Å².